The predicted octanol–water partition coefficient (Wildman–Crippen LogP) is 2.32. The third-order valence-corrected chi connectivity index (χ3v) is 3.67. The molecule has 0 unspecified atom stereocenters. The number of fused-ring (bicyclic) bond motifs is 1. The summed E-state index contributed by atoms with van der Waals surface area (Å²) in [6, 6.07) is 6.42. The van der Waals surface area contributed by atoms with Crippen LogP contribution in [-0.4, -0.2) is 16.2 Å². The molecule has 0 amide bonds. The van der Waals surface area contributed by atoms with Gasteiger partial charge in [-0.25, -0.2) is 4.52 Å². The van der Waals surface area contributed by atoms with E-state index < -0.39 is 0 Å². The highest BCUT2D eigenvalue weighted by Crippen LogP contribution is 2.41. The minimum absolute atomic E-state index is 0.217. The van der Waals surface area contributed by atoms with E-state index in [-0.39, 0.29) is 5.54 Å². The third kappa shape index (κ3) is 1.35. The molecule has 0 aromatic carbocycles. The summed E-state index contributed by atoms with van der Waals surface area (Å²) >= 11 is 0. The van der Waals surface area contributed by atoms with Crippen molar-refractivity contribution in [2.75, 3.05) is 6.54 Å². The van der Waals surface area contributed by atoms with Crippen molar-refractivity contribution in [2.45, 2.75) is 31.7 Å². The van der Waals surface area contributed by atoms with Crippen molar-refractivity contribution in [1.29, 1.82) is 0 Å². The number of nitrogens with one attached hydrogen (secondary N) is 1. The summed E-state index contributed by atoms with van der Waals surface area (Å²) in [4.78, 5) is 0. The second kappa shape index (κ2) is 3.59. The molecule has 1 saturated carbocycles. The van der Waals surface area contributed by atoms with Gasteiger partial charge in [0.2, 0.25) is 0 Å². The van der Waals surface area contributed by atoms with Crippen molar-refractivity contribution in [3.8, 4) is 0 Å². The Hall–Kier alpha value is -1.35. The lowest BCUT2D eigenvalue weighted by atomic mass is 9.72. The Labute approximate surface area is 95.5 Å². The normalized spacial score (nSPS) is 18.6. The molecule has 2 aromatic heterocycles. The average molecular weight is 215 g/mol. The van der Waals surface area contributed by atoms with Crippen LogP contribution in [0.1, 0.15) is 31.7 Å². The molecule has 3 heteroatoms. The summed E-state index contributed by atoms with van der Waals surface area (Å²) in [5, 5.41) is 7.93. The van der Waals surface area contributed by atoms with Crippen molar-refractivity contribution >= 4 is 5.52 Å². The summed E-state index contributed by atoms with van der Waals surface area (Å²) in [7, 11) is 0. The molecule has 1 fully saturated rings. The zero-order valence-corrected chi connectivity index (χ0v) is 9.61. The lowest BCUT2D eigenvalue weighted by Crippen LogP contribution is -2.48. The molecule has 1 aliphatic carbocycles. The van der Waals surface area contributed by atoms with Gasteiger partial charge < -0.3 is 5.32 Å². The van der Waals surface area contributed by atoms with E-state index in [0.717, 1.165) is 12.1 Å². The van der Waals surface area contributed by atoms with E-state index in [1.54, 1.807) is 0 Å². The molecule has 1 N–H and O–H groups in total. The quantitative estimate of drug-likeness (QED) is 0.851. The summed E-state index contributed by atoms with van der Waals surface area (Å²) in [6.45, 7) is 3.20. The number of hydrogen-bond donors (Lipinski definition) is 1. The largest absolute Gasteiger partial charge is 0.308 e. The fourth-order valence-electron chi connectivity index (χ4n) is 2.63. The van der Waals surface area contributed by atoms with Crippen molar-refractivity contribution in [3.05, 3.63) is 36.2 Å². The van der Waals surface area contributed by atoms with Crippen LogP contribution in [0, 0.1) is 0 Å². The SMILES string of the molecule is CCNC1(c2ccc3ccnn3c2)CCC1. The second-order valence-electron chi connectivity index (χ2n) is 4.58. The van der Waals surface area contributed by atoms with Gasteiger partial charge in [-0.1, -0.05) is 13.0 Å². The molecule has 0 spiro atoms. The van der Waals surface area contributed by atoms with Gasteiger partial charge in [-0.2, -0.15) is 5.10 Å². The van der Waals surface area contributed by atoms with Crippen molar-refractivity contribution in [1.82, 2.24) is 14.9 Å². The van der Waals surface area contributed by atoms with Gasteiger partial charge in [0.15, 0.2) is 0 Å². The maximum absolute atomic E-state index is 4.30. The number of pyridine rings is 1. The van der Waals surface area contributed by atoms with Gasteiger partial charge in [0.1, 0.15) is 0 Å². The van der Waals surface area contributed by atoms with Crippen molar-refractivity contribution in [3.63, 3.8) is 0 Å². The van der Waals surface area contributed by atoms with Crippen molar-refractivity contribution in [2.24, 2.45) is 0 Å². The third-order valence-electron chi connectivity index (χ3n) is 3.67. The van der Waals surface area contributed by atoms with E-state index in [1.165, 1.54) is 24.8 Å². The van der Waals surface area contributed by atoms with Gasteiger partial charge >= 0.3 is 0 Å². The van der Waals surface area contributed by atoms with Crippen LogP contribution in [0.15, 0.2) is 30.6 Å². The maximum Gasteiger partial charge on any atom is 0.0661 e. The molecular weight excluding hydrogens is 198 g/mol. The Kier molecular flexibility index (Phi) is 2.21. The van der Waals surface area contributed by atoms with Crippen LogP contribution < -0.4 is 5.32 Å². The zero-order valence-electron chi connectivity index (χ0n) is 9.61. The summed E-state index contributed by atoms with van der Waals surface area (Å²) in [5.74, 6) is 0. The molecule has 0 radical (unpaired) electrons. The summed E-state index contributed by atoms with van der Waals surface area (Å²) in [6.07, 6.45) is 7.82. The van der Waals surface area contributed by atoms with Gasteiger partial charge in [-0.05, 0) is 43.5 Å². The van der Waals surface area contributed by atoms with Crippen LogP contribution in [0.4, 0.5) is 0 Å². The Balaban J connectivity index is 2.03. The molecule has 3 nitrogen and oxygen atoms in total. The van der Waals surface area contributed by atoms with E-state index in [0.29, 0.717) is 0 Å². The van der Waals surface area contributed by atoms with Gasteiger partial charge in [0, 0.05) is 17.9 Å². The molecule has 0 atom stereocenters. The van der Waals surface area contributed by atoms with Crippen LogP contribution in [0.3, 0.4) is 0 Å². The molecule has 0 aliphatic heterocycles. The van der Waals surface area contributed by atoms with Gasteiger partial charge in [0.25, 0.3) is 0 Å². The highest BCUT2D eigenvalue weighted by Gasteiger charge is 2.37. The average Bonchev–Trinajstić information content (AvgIpc) is 2.70. The molecule has 16 heavy (non-hydrogen) atoms. The first-order valence-corrected chi connectivity index (χ1v) is 6.03. The Morgan fingerprint density at radius 2 is 2.25 bits per heavy atom. The first kappa shape index (κ1) is 9.85. The van der Waals surface area contributed by atoms with E-state index in [9.17, 15) is 0 Å². The lowest BCUT2D eigenvalue weighted by molar-refractivity contribution is 0.189. The number of rotatable bonds is 3. The molecule has 0 saturated heterocycles. The van der Waals surface area contributed by atoms with Crippen LogP contribution in [0.2, 0.25) is 0 Å². The standard InChI is InChI=1S/C13H17N3/c1-2-14-13(7-3-8-13)11-4-5-12-6-9-15-16(12)10-11/h4-6,9-10,14H,2-3,7-8H2,1H3. The molecule has 0 bridgehead atoms. The summed E-state index contributed by atoms with van der Waals surface area (Å²) < 4.78 is 1.97. The van der Waals surface area contributed by atoms with Crippen LogP contribution >= 0.6 is 0 Å². The molecule has 84 valence electrons. The minimum atomic E-state index is 0.217. The minimum Gasteiger partial charge on any atom is -0.308 e. The van der Waals surface area contributed by atoms with E-state index in [1.807, 2.05) is 16.8 Å². The second-order valence-corrected chi connectivity index (χ2v) is 4.58. The van der Waals surface area contributed by atoms with Crippen LogP contribution in [-0.2, 0) is 5.54 Å². The Morgan fingerprint density at radius 1 is 1.38 bits per heavy atom. The molecule has 2 aromatic rings. The molecule has 2 heterocycles. The molecule has 1 aliphatic rings. The monoisotopic (exact) mass is 215 g/mol. The number of aromatic nitrogens is 2. The Bertz CT molecular complexity index is 497. The molecular formula is C13H17N3. The van der Waals surface area contributed by atoms with Crippen molar-refractivity contribution < 1.29 is 0 Å². The first-order valence-electron chi connectivity index (χ1n) is 6.03. The highest BCUT2D eigenvalue weighted by atomic mass is 15.2. The predicted molar refractivity (Wildman–Crippen MR) is 64.4 cm³/mol. The van der Waals surface area contributed by atoms with E-state index in [2.05, 4.69) is 35.7 Å². The number of hydrogen-bond acceptors (Lipinski definition) is 2. The topological polar surface area (TPSA) is 29.3 Å². The molecule has 3 rings (SSSR count). The Morgan fingerprint density at radius 3 is 2.94 bits per heavy atom. The van der Waals surface area contributed by atoms with E-state index >= 15 is 0 Å². The van der Waals surface area contributed by atoms with Crippen LogP contribution in [0.5, 0.6) is 0 Å². The lowest BCUT2D eigenvalue weighted by Gasteiger charge is -2.43. The van der Waals surface area contributed by atoms with Gasteiger partial charge in [0.05, 0.1) is 5.52 Å². The zero-order chi connectivity index (χ0) is 11.0. The number of nitrogens with zero attached hydrogens (tertiary/aromatic N) is 2. The fraction of sp³-hybridized carbons (Fsp3) is 0.462. The van der Waals surface area contributed by atoms with Gasteiger partial charge in [-0.3, -0.25) is 0 Å². The maximum atomic E-state index is 4.30. The fourth-order valence-corrected chi connectivity index (χ4v) is 2.63. The van der Waals surface area contributed by atoms with Crippen LogP contribution in [0.25, 0.3) is 5.52 Å². The van der Waals surface area contributed by atoms with Gasteiger partial charge in [-0.15, -0.1) is 0 Å². The van der Waals surface area contributed by atoms with E-state index in [4.69, 9.17) is 0 Å². The smallest absolute Gasteiger partial charge is 0.0661 e. The first-order chi connectivity index (χ1) is 7.84. The highest BCUT2D eigenvalue weighted by molar-refractivity contribution is 5.47. The summed E-state index contributed by atoms with van der Waals surface area (Å²) in [5.41, 5.74) is 2.75.